The molecule has 0 unspecified atom stereocenters. The first-order valence-corrected chi connectivity index (χ1v) is 19.1. The van der Waals surface area contributed by atoms with E-state index in [0.717, 1.165) is 75.2 Å². The minimum absolute atomic E-state index is 0.0286. The number of carboxylic acid groups (broad SMARTS) is 1. The highest BCUT2D eigenvalue weighted by Crippen LogP contribution is 2.42. The predicted octanol–water partition coefficient (Wildman–Crippen LogP) is 6.73. The largest absolute Gasteiger partial charge is 0.481 e. The first-order valence-electron chi connectivity index (χ1n) is 18.3. The molecular formula is C39H45Cl2N7O5. The van der Waals surface area contributed by atoms with Crippen LogP contribution in [0.5, 0.6) is 0 Å². The van der Waals surface area contributed by atoms with Gasteiger partial charge in [-0.2, -0.15) is 0 Å². The standard InChI is InChI=1S/C39H45Cl2N7O5/c1-4-45(2)22-33(49)48-20-30-32(21-48)53-38(44-30)27-9-5-7-25(34(27)40)26-8-6-10-28(35(26)41)43-37(50)36-42-29-19-47(18-16-31(29)46(36)3)17-15-23-11-13-24(14-12-23)39(51)52/h5-10,23-24H,4,11-22H2,1-3H3,(H,43,50)(H,51,52). The Morgan fingerprint density at radius 2 is 1.68 bits per heavy atom. The van der Waals surface area contributed by atoms with Gasteiger partial charge in [0.05, 0.1) is 52.5 Å². The molecule has 2 aliphatic heterocycles. The van der Waals surface area contributed by atoms with Crippen LogP contribution in [0.4, 0.5) is 5.69 Å². The van der Waals surface area contributed by atoms with Gasteiger partial charge in [-0.15, -0.1) is 0 Å². The van der Waals surface area contributed by atoms with Crippen molar-refractivity contribution in [2.75, 3.05) is 38.5 Å². The monoisotopic (exact) mass is 761 g/mol. The van der Waals surface area contributed by atoms with Crippen molar-refractivity contribution in [3.63, 3.8) is 0 Å². The number of oxazole rings is 1. The van der Waals surface area contributed by atoms with Crippen LogP contribution >= 0.6 is 23.2 Å². The lowest BCUT2D eigenvalue weighted by molar-refractivity contribution is -0.143. The minimum Gasteiger partial charge on any atom is -0.481 e. The highest BCUT2D eigenvalue weighted by molar-refractivity contribution is 6.39. The molecule has 2 aromatic carbocycles. The van der Waals surface area contributed by atoms with E-state index in [1.807, 2.05) is 60.8 Å². The summed E-state index contributed by atoms with van der Waals surface area (Å²) in [5, 5.41) is 13.0. The molecule has 280 valence electrons. The molecule has 0 atom stereocenters. The van der Waals surface area contributed by atoms with E-state index in [1.165, 1.54) is 0 Å². The Balaban J connectivity index is 1.01. The fourth-order valence-corrected chi connectivity index (χ4v) is 8.32. The topological polar surface area (TPSA) is 137 Å². The Morgan fingerprint density at radius 1 is 0.962 bits per heavy atom. The van der Waals surface area contributed by atoms with Gasteiger partial charge in [0.15, 0.2) is 5.82 Å². The summed E-state index contributed by atoms with van der Waals surface area (Å²) in [4.78, 5) is 53.2. The van der Waals surface area contributed by atoms with Crippen LogP contribution in [-0.4, -0.2) is 85.4 Å². The lowest BCUT2D eigenvalue weighted by Crippen LogP contribution is -2.35. The van der Waals surface area contributed by atoms with Crippen LogP contribution in [0.25, 0.3) is 22.6 Å². The number of imidazole rings is 1. The molecule has 4 aromatic rings. The van der Waals surface area contributed by atoms with Gasteiger partial charge < -0.3 is 24.3 Å². The molecule has 12 nitrogen and oxygen atoms in total. The Hall–Kier alpha value is -4.23. The molecular weight excluding hydrogens is 717 g/mol. The number of carboxylic acids is 1. The number of carbonyl (C=O) groups excluding carboxylic acids is 2. The average Bonchev–Trinajstić information content (AvgIpc) is 3.84. The molecule has 0 radical (unpaired) electrons. The number of anilines is 1. The molecule has 1 fully saturated rings. The molecule has 2 aromatic heterocycles. The van der Waals surface area contributed by atoms with Crippen LogP contribution in [0.2, 0.25) is 10.0 Å². The maximum Gasteiger partial charge on any atom is 0.306 e. The summed E-state index contributed by atoms with van der Waals surface area (Å²) in [7, 11) is 3.79. The number of fused-ring (bicyclic) bond motifs is 2. The number of rotatable bonds is 11. The molecule has 2 N–H and O–H groups in total. The van der Waals surface area contributed by atoms with Crippen molar-refractivity contribution in [3.8, 4) is 22.6 Å². The maximum absolute atomic E-state index is 13.7. The fraction of sp³-hybridized carbons (Fsp3) is 0.462. The minimum atomic E-state index is -0.669. The van der Waals surface area contributed by atoms with Crippen molar-refractivity contribution >= 4 is 46.7 Å². The second kappa shape index (κ2) is 15.6. The van der Waals surface area contributed by atoms with E-state index in [4.69, 9.17) is 37.6 Å². The molecule has 0 bridgehead atoms. The quantitative estimate of drug-likeness (QED) is 0.170. The lowest BCUT2D eigenvalue weighted by Gasteiger charge is -2.30. The van der Waals surface area contributed by atoms with Crippen LogP contribution in [0.1, 0.15) is 72.5 Å². The van der Waals surface area contributed by atoms with Crippen LogP contribution in [0.15, 0.2) is 40.8 Å². The molecule has 2 amide bonds. The first-order chi connectivity index (χ1) is 25.5. The first kappa shape index (κ1) is 37.1. The summed E-state index contributed by atoms with van der Waals surface area (Å²) in [5.74, 6) is 0.710. The number of aliphatic carboxylic acids is 1. The van der Waals surface area contributed by atoms with Crippen LogP contribution in [0, 0.1) is 11.8 Å². The van der Waals surface area contributed by atoms with Crippen LogP contribution in [-0.2, 0) is 42.7 Å². The molecule has 4 heterocycles. The molecule has 1 saturated carbocycles. The van der Waals surface area contributed by atoms with Crippen molar-refractivity contribution in [1.82, 2.24) is 29.2 Å². The highest BCUT2D eigenvalue weighted by Gasteiger charge is 2.31. The third-order valence-corrected chi connectivity index (χ3v) is 11.9. The molecule has 0 saturated heterocycles. The van der Waals surface area contributed by atoms with E-state index >= 15 is 0 Å². The van der Waals surface area contributed by atoms with Crippen LogP contribution in [0.3, 0.4) is 0 Å². The second-order valence-electron chi connectivity index (χ2n) is 14.5. The zero-order valence-electron chi connectivity index (χ0n) is 30.3. The fourth-order valence-electron chi connectivity index (χ4n) is 7.73. The van der Waals surface area contributed by atoms with Crippen LogP contribution < -0.4 is 5.32 Å². The van der Waals surface area contributed by atoms with Gasteiger partial charge in [0, 0.05) is 43.4 Å². The van der Waals surface area contributed by atoms with Crippen molar-refractivity contribution < 1.29 is 23.9 Å². The number of halogens is 2. The van der Waals surface area contributed by atoms with E-state index in [1.54, 1.807) is 11.0 Å². The second-order valence-corrected chi connectivity index (χ2v) is 15.3. The molecule has 3 aliphatic rings. The van der Waals surface area contributed by atoms with Gasteiger partial charge >= 0.3 is 5.97 Å². The maximum atomic E-state index is 13.7. The molecule has 7 rings (SSSR count). The number of benzene rings is 2. The zero-order chi connectivity index (χ0) is 37.4. The van der Waals surface area contributed by atoms with E-state index in [2.05, 4.69) is 10.2 Å². The van der Waals surface area contributed by atoms with E-state index in [9.17, 15) is 19.5 Å². The van der Waals surface area contributed by atoms with E-state index in [0.29, 0.717) is 82.0 Å². The number of aromatic nitrogens is 3. The van der Waals surface area contributed by atoms with E-state index < -0.39 is 5.97 Å². The zero-order valence-corrected chi connectivity index (χ0v) is 31.8. The number of nitrogens with zero attached hydrogens (tertiary/aromatic N) is 6. The molecule has 14 heteroatoms. The number of nitrogens with one attached hydrogen (secondary N) is 1. The number of hydrogen-bond acceptors (Lipinski definition) is 8. The van der Waals surface area contributed by atoms with Gasteiger partial charge in [-0.05, 0) is 70.3 Å². The SMILES string of the molecule is CCN(C)CC(=O)N1Cc2nc(-c3cccc(-c4cccc(NC(=O)c5nc6c(n5C)CCN(CCC5CCC(C(=O)O)CC5)C6)c4Cl)c3Cl)oc2C1. The number of carbonyl (C=O) groups is 3. The molecule has 53 heavy (non-hydrogen) atoms. The van der Waals surface area contributed by atoms with Crippen molar-refractivity contribution in [2.24, 2.45) is 18.9 Å². The summed E-state index contributed by atoms with van der Waals surface area (Å²) >= 11 is 14.0. The Labute approximate surface area is 319 Å². The van der Waals surface area contributed by atoms with Gasteiger partial charge in [0.2, 0.25) is 11.8 Å². The lowest BCUT2D eigenvalue weighted by atomic mass is 9.80. The van der Waals surface area contributed by atoms with Gasteiger partial charge in [-0.1, -0.05) is 54.4 Å². The Bertz CT molecular complexity index is 2010. The van der Waals surface area contributed by atoms with Gasteiger partial charge in [0.25, 0.3) is 5.91 Å². The normalized spacial score (nSPS) is 18.6. The average molecular weight is 763 g/mol. The summed E-state index contributed by atoms with van der Waals surface area (Å²) < 4.78 is 8.01. The number of likely N-dealkylation sites (N-methyl/N-ethyl adjacent to an activating group) is 1. The van der Waals surface area contributed by atoms with Crippen molar-refractivity contribution in [3.05, 3.63) is 75.1 Å². The summed E-state index contributed by atoms with van der Waals surface area (Å²) in [5.41, 5.74) is 5.01. The summed E-state index contributed by atoms with van der Waals surface area (Å²) in [6.45, 7) is 6.37. The molecule has 1 aliphatic carbocycles. The van der Waals surface area contributed by atoms with Gasteiger partial charge in [0.1, 0.15) is 11.5 Å². The third-order valence-electron chi connectivity index (χ3n) is 11.1. The summed E-state index contributed by atoms with van der Waals surface area (Å²) in [6, 6.07) is 11.0. The number of hydrogen-bond donors (Lipinski definition) is 2. The smallest absolute Gasteiger partial charge is 0.306 e. The van der Waals surface area contributed by atoms with Crippen molar-refractivity contribution in [2.45, 2.75) is 65.1 Å². The van der Waals surface area contributed by atoms with Gasteiger partial charge in [-0.25, -0.2) is 9.97 Å². The van der Waals surface area contributed by atoms with E-state index in [-0.39, 0.29) is 17.7 Å². The van der Waals surface area contributed by atoms with Crippen molar-refractivity contribution in [1.29, 1.82) is 0 Å². The van der Waals surface area contributed by atoms with Gasteiger partial charge in [-0.3, -0.25) is 24.2 Å². The number of amides is 2. The predicted molar refractivity (Wildman–Crippen MR) is 203 cm³/mol. The Morgan fingerprint density at radius 3 is 2.40 bits per heavy atom. The Kier molecular flexibility index (Phi) is 10.9. The summed E-state index contributed by atoms with van der Waals surface area (Å²) in [6.07, 6.45) is 5.30. The molecule has 0 spiro atoms. The third kappa shape index (κ3) is 7.73. The highest BCUT2D eigenvalue weighted by atomic mass is 35.5.